The van der Waals surface area contributed by atoms with Crippen LogP contribution in [-0.2, 0) is 0 Å². The van der Waals surface area contributed by atoms with Crippen molar-refractivity contribution in [2.45, 2.75) is 4.58 Å². The number of thioether (sulfide) groups is 3. The van der Waals surface area contributed by atoms with Crippen LogP contribution >= 0.6 is 35.3 Å². The fraction of sp³-hybridized carbons (Fsp3) is 0.385. The number of nitrogens with one attached hydrogen (secondary N) is 1. The Morgan fingerprint density at radius 3 is 2.53 bits per heavy atom. The van der Waals surface area contributed by atoms with E-state index in [-0.39, 0.29) is 5.91 Å². The van der Waals surface area contributed by atoms with Crippen LogP contribution in [0.15, 0.2) is 29.3 Å². The smallest absolute Gasteiger partial charge is 0.257 e. The Morgan fingerprint density at radius 1 is 1.16 bits per heavy atom. The van der Waals surface area contributed by atoms with Gasteiger partial charge in [-0.1, -0.05) is 23.9 Å². The Hall–Kier alpha value is -0.590. The maximum Gasteiger partial charge on any atom is 0.257 e. The molecule has 1 aromatic rings. The van der Waals surface area contributed by atoms with E-state index in [9.17, 15) is 4.79 Å². The first kappa shape index (κ1) is 13.4. The van der Waals surface area contributed by atoms with Crippen molar-refractivity contribution >= 4 is 46.4 Å². The highest BCUT2D eigenvalue weighted by molar-refractivity contribution is 8.19. The zero-order valence-corrected chi connectivity index (χ0v) is 12.7. The number of amidine groups is 1. The van der Waals surface area contributed by atoms with Crippen LogP contribution in [0.25, 0.3) is 0 Å². The average molecular weight is 310 g/mol. The van der Waals surface area contributed by atoms with Gasteiger partial charge in [-0.15, -0.1) is 23.5 Å². The molecule has 0 spiro atoms. The molecule has 6 heteroatoms. The topological polar surface area (TPSA) is 41.5 Å². The summed E-state index contributed by atoms with van der Waals surface area (Å²) in [7, 11) is 0. The molecule has 0 unspecified atom stereocenters. The van der Waals surface area contributed by atoms with Crippen LogP contribution in [0.2, 0.25) is 0 Å². The summed E-state index contributed by atoms with van der Waals surface area (Å²) in [6, 6.07) is 7.94. The van der Waals surface area contributed by atoms with Crippen molar-refractivity contribution in [3.63, 3.8) is 0 Å². The minimum absolute atomic E-state index is 0.0635. The summed E-state index contributed by atoms with van der Waals surface area (Å²) in [5, 5.41) is 3.59. The Bertz CT molecular complexity index is 495. The van der Waals surface area contributed by atoms with Gasteiger partial charge in [0.25, 0.3) is 5.91 Å². The fourth-order valence-electron chi connectivity index (χ4n) is 1.92. The highest BCUT2D eigenvalue weighted by atomic mass is 32.2. The Balaban J connectivity index is 1.66. The van der Waals surface area contributed by atoms with E-state index >= 15 is 0 Å². The second-order valence-corrected chi connectivity index (χ2v) is 7.99. The summed E-state index contributed by atoms with van der Waals surface area (Å²) in [5.74, 6) is 3.33. The second kappa shape index (κ2) is 6.24. The van der Waals surface area contributed by atoms with Gasteiger partial charge in [0, 0.05) is 22.8 Å². The molecule has 1 amide bonds. The van der Waals surface area contributed by atoms with Crippen LogP contribution in [0.4, 0.5) is 0 Å². The summed E-state index contributed by atoms with van der Waals surface area (Å²) in [6.45, 7) is 0.801. The summed E-state index contributed by atoms with van der Waals surface area (Å²) in [6.07, 6.45) is 0. The number of nitrogens with zero attached hydrogens (tertiary/aromatic N) is 1. The molecule has 0 aromatic heterocycles. The van der Waals surface area contributed by atoms with Crippen molar-refractivity contribution in [1.82, 2.24) is 5.32 Å². The van der Waals surface area contributed by atoms with Crippen LogP contribution in [-0.4, -0.2) is 34.9 Å². The Kier molecular flexibility index (Phi) is 4.40. The normalized spacial score (nSPS) is 19.5. The monoisotopic (exact) mass is 310 g/mol. The van der Waals surface area contributed by atoms with Crippen molar-refractivity contribution in [1.29, 1.82) is 0 Å². The molecule has 2 aliphatic heterocycles. The van der Waals surface area contributed by atoms with Gasteiger partial charge in [0.05, 0.1) is 11.1 Å². The first-order chi connectivity index (χ1) is 9.33. The van der Waals surface area contributed by atoms with Crippen molar-refractivity contribution in [2.75, 3.05) is 23.8 Å². The van der Waals surface area contributed by atoms with Gasteiger partial charge in [0.2, 0.25) is 0 Å². The van der Waals surface area contributed by atoms with Gasteiger partial charge in [-0.3, -0.25) is 9.79 Å². The number of hydrogen-bond acceptors (Lipinski definition) is 5. The molecule has 0 saturated carbocycles. The van der Waals surface area contributed by atoms with E-state index in [1.807, 2.05) is 35.7 Å². The molecule has 100 valence electrons. The lowest BCUT2D eigenvalue weighted by Gasteiger charge is -2.09. The Morgan fingerprint density at radius 2 is 1.89 bits per heavy atom. The minimum Gasteiger partial charge on any atom is -0.301 e. The quantitative estimate of drug-likeness (QED) is 0.912. The lowest BCUT2D eigenvalue weighted by Crippen LogP contribution is -2.27. The molecular formula is C13H14N2OS3. The van der Waals surface area contributed by atoms with Gasteiger partial charge < -0.3 is 5.32 Å². The summed E-state index contributed by atoms with van der Waals surface area (Å²) in [5.41, 5.74) is 2.00. The average Bonchev–Trinajstić information content (AvgIpc) is 3.12. The maximum atomic E-state index is 12.0. The number of rotatable bonds is 2. The molecule has 0 radical (unpaired) electrons. The van der Waals surface area contributed by atoms with Gasteiger partial charge in [-0.2, -0.15) is 0 Å². The molecule has 3 rings (SSSR count). The number of aliphatic imine (C=N–C) groups is 1. The molecule has 1 aromatic carbocycles. The number of hydrogen-bond donors (Lipinski definition) is 1. The number of amides is 1. The van der Waals surface area contributed by atoms with E-state index in [2.05, 4.69) is 22.4 Å². The van der Waals surface area contributed by atoms with Crippen molar-refractivity contribution in [3.05, 3.63) is 35.4 Å². The molecular weight excluding hydrogens is 296 g/mol. The summed E-state index contributed by atoms with van der Waals surface area (Å²) >= 11 is 5.55. The molecule has 2 aliphatic rings. The maximum absolute atomic E-state index is 12.0. The lowest BCUT2D eigenvalue weighted by atomic mass is 10.1. The molecule has 0 aliphatic carbocycles. The first-order valence-electron chi connectivity index (χ1n) is 6.15. The molecule has 0 atom stereocenters. The molecule has 1 saturated heterocycles. The van der Waals surface area contributed by atoms with Gasteiger partial charge in [0.15, 0.2) is 5.17 Å². The van der Waals surface area contributed by atoms with Gasteiger partial charge in [0.1, 0.15) is 0 Å². The predicted octanol–water partition coefficient (Wildman–Crippen LogP) is 3.00. The van der Waals surface area contributed by atoms with E-state index in [1.165, 1.54) is 17.1 Å². The van der Waals surface area contributed by atoms with Crippen LogP contribution in [0.3, 0.4) is 0 Å². The van der Waals surface area contributed by atoms with E-state index in [1.54, 1.807) is 11.8 Å². The number of carbonyl (C=O) groups excluding carboxylic acids is 1. The highest BCUT2D eigenvalue weighted by Crippen LogP contribution is 2.45. The second-order valence-electron chi connectivity index (χ2n) is 4.18. The molecule has 3 nitrogen and oxygen atoms in total. The van der Waals surface area contributed by atoms with Crippen LogP contribution in [0.1, 0.15) is 20.5 Å². The van der Waals surface area contributed by atoms with Gasteiger partial charge in [-0.25, -0.2) is 0 Å². The summed E-state index contributed by atoms with van der Waals surface area (Å²) in [4.78, 5) is 16.2. The predicted molar refractivity (Wildman–Crippen MR) is 86.3 cm³/mol. The third-order valence-electron chi connectivity index (χ3n) is 2.87. The molecule has 19 heavy (non-hydrogen) atoms. The zero-order valence-electron chi connectivity index (χ0n) is 10.3. The lowest BCUT2D eigenvalue weighted by molar-refractivity contribution is 0.0978. The van der Waals surface area contributed by atoms with E-state index in [0.29, 0.717) is 10.1 Å². The number of carbonyl (C=O) groups is 1. The standard InChI is InChI=1S/C13H14N2OS3/c16-11(15-13-14-5-6-19-13)9-1-3-10(4-2-9)12-17-7-8-18-12/h1-4,12H,5-8H2,(H,14,15,16). The number of benzene rings is 1. The highest BCUT2D eigenvalue weighted by Gasteiger charge is 2.19. The summed E-state index contributed by atoms with van der Waals surface area (Å²) < 4.78 is 0.534. The first-order valence-corrected chi connectivity index (χ1v) is 9.23. The van der Waals surface area contributed by atoms with E-state index in [4.69, 9.17) is 0 Å². The van der Waals surface area contributed by atoms with E-state index < -0.39 is 0 Å². The molecule has 2 heterocycles. The van der Waals surface area contributed by atoms with Crippen LogP contribution in [0.5, 0.6) is 0 Å². The van der Waals surface area contributed by atoms with Crippen molar-refractivity contribution < 1.29 is 4.79 Å². The SMILES string of the molecule is O=C(NC1=NCCS1)c1ccc(C2SCCS2)cc1. The van der Waals surface area contributed by atoms with Crippen LogP contribution in [0, 0.1) is 0 Å². The van der Waals surface area contributed by atoms with E-state index in [0.717, 1.165) is 17.5 Å². The zero-order chi connectivity index (χ0) is 13.1. The van der Waals surface area contributed by atoms with Crippen molar-refractivity contribution in [2.24, 2.45) is 4.99 Å². The Labute approximate surface area is 125 Å². The fourth-order valence-corrected chi connectivity index (χ4v) is 5.51. The molecule has 0 bridgehead atoms. The van der Waals surface area contributed by atoms with Crippen LogP contribution < -0.4 is 5.32 Å². The molecule has 1 N–H and O–H groups in total. The third-order valence-corrected chi connectivity index (χ3v) is 6.87. The van der Waals surface area contributed by atoms with Crippen molar-refractivity contribution in [3.8, 4) is 0 Å². The minimum atomic E-state index is -0.0635. The third kappa shape index (κ3) is 3.30. The van der Waals surface area contributed by atoms with Gasteiger partial charge >= 0.3 is 0 Å². The largest absolute Gasteiger partial charge is 0.301 e. The molecule has 1 fully saturated rings. The van der Waals surface area contributed by atoms with Gasteiger partial charge in [-0.05, 0) is 17.7 Å².